The number of rotatable bonds is 5. The van der Waals surface area contributed by atoms with E-state index in [1.165, 1.54) is 0 Å². The van der Waals surface area contributed by atoms with Crippen LogP contribution in [0.2, 0.25) is 15.1 Å². The van der Waals surface area contributed by atoms with Gasteiger partial charge in [-0.15, -0.1) is 0 Å². The molecule has 2 rings (SSSR count). The summed E-state index contributed by atoms with van der Waals surface area (Å²) in [7, 11) is 0. The molecule has 1 aromatic carbocycles. The van der Waals surface area contributed by atoms with Gasteiger partial charge in [-0.05, 0) is 36.8 Å². The smallest absolute Gasteiger partial charge is 0.170 e. The first-order chi connectivity index (χ1) is 10.0. The van der Waals surface area contributed by atoms with E-state index in [0.29, 0.717) is 20.2 Å². The van der Waals surface area contributed by atoms with Crippen LogP contribution in [0.15, 0.2) is 30.6 Å². The molecule has 2 aromatic rings. The van der Waals surface area contributed by atoms with Crippen LogP contribution < -0.4 is 10.6 Å². The van der Waals surface area contributed by atoms with E-state index in [1.54, 1.807) is 29.2 Å². The largest absolute Gasteiger partial charge is 0.362 e. The fourth-order valence-corrected chi connectivity index (χ4v) is 2.33. The van der Waals surface area contributed by atoms with Crippen molar-refractivity contribution in [2.24, 2.45) is 0 Å². The van der Waals surface area contributed by atoms with Crippen molar-refractivity contribution < 1.29 is 0 Å². The van der Waals surface area contributed by atoms with E-state index in [2.05, 4.69) is 15.7 Å². The molecular formula is C13H13Cl3N4S. The minimum absolute atomic E-state index is 0.486. The average Bonchev–Trinajstić information content (AvgIpc) is 2.85. The molecule has 0 unspecified atom stereocenters. The molecule has 0 spiro atoms. The molecule has 0 bridgehead atoms. The van der Waals surface area contributed by atoms with Gasteiger partial charge >= 0.3 is 0 Å². The number of hydrogen-bond donors (Lipinski definition) is 2. The number of nitrogens with zero attached hydrogens (tertiary/aromatic N) is 2. The van der Waals surface area contributed by atoms with E-state index in [-0.39, 0.29) is 0 Å². The maximum absolute atomic E-state index is 5.94. The number of thiocarbonyl (C=S) groups is 1. The molecule has 4 nitrogen and oxygen atoms in total. The van der Waals surface area contributed by atoms with Gasteiger partial charge in [0.2, 0.25) is 0 Å². The Morgan fingerprint density at radius 2 is 2.05 bits per heavy atom. The molecule has 0 radical (unpaired) electrons. The molecule has 1 heterocycles. The van der Waals surface area contributed by atoms with Crippen LogP contribution in [0.3, 0.4) is 0 Å². The van der Waals surface area contributed by atoms with Gasteiger partial charge in [-0.25, -0.2) is 0 Å². The Balaban J connectivity index is 1.71. The summed E-state index contributed by atoms with van der Waals surface area (Å²) in [6.07, 6.45) is 4.28. The fraction of sp³-hybridized carbons (Fsp3) is 0.231. The highest BCUT2D eigenvalue weighted by Gasteiger charge is 2.01. The zero-order valence-corrected chi connectivity index (χ0v) is 14.0. The van der Waals surface area contributed by atoms with Gasteiger partial charge in [0.1, 0.15) is 0 Å². The Morgan fingerprint density at radius 1 is 1.24 bits per heavy atom. The third kappa shape index (κ3) is 5.36. The first kappa shape index (κ1) is 16.4. The van der Waals surface area contributed by atoms with Crippen LogP contribution >= 0.6 is 47.0 Å². The second-order valence-corrected chi connectivity index (χ2v) is 5.94. The van der Waals surface area contributed by atoms with Crippen LogP contribution in [0.5, 0.6) is 0 Å². The SMILES string of the molecule is S=C(NCCCn1cc(Cl)cn1)Nc1ccc(Cl)c(Cl)c1. The van der Waals surface area contributed by atoms with Crippen LogP contribution in [0.4, 0.5) is 5.69 Å². The molecule has 0 aliphatic carbocycles. The van der Waals surface area contributed by atoms with Crippen LogP contribution in [0, 0.1) is 0 Å². The van der Waals surface area contributed by atoms with Crippen LogP contribution in [-0.2, 0) is 6.54 Å². The lowest BCUT2D eigenvalue weighted by Gasteiger charge is -2.11. The quantitative estimate of drug-likeness (QED) is 0.616. The van der Waals surface area contributed by atoms with Gasteiger partial charge in [0.15, 0.2) is 5.11 Å². The van der Waals surface area contributed by atoms with Gasteiger partial charge < -0.3 is 10.6 Å². The van der Waals surface area contributed by atoms with E-state index < -0.39 is 0 Å². The van der Waals surface area contributed by atoms with Crippen molar-refractivity contribution in [3.8, 4) is 0 Å². The van der Waals surface area contributed by atoms with E-state index >= 15 is 0 Å². The molecule has 112 valence electrons. The monoisotopic (exact) mass is 362 g/mol. The summed E-state index contributed by atoms with van der Waals surface area (Å²) in [4.78, 5) is 0. The van der Waals surface area contributed by atoms with E-state index in [1.807, 2.05) is 6.07 Å². The summed E-state index contributed by atoms with van der Waals surface area (Å²) in [5.41, 5.74) is 0.792. The molecule has 0 aliphatic rings. The highest BCUT2D eigenvalue weighted by molar-refractivity contribution is 7.80. The number of nitrogens with one attached hydrogen (secondary N) is 2. The van der Waals surface area contributed by atoms with Gasteiger partial charge in [0.25, 0.3) is 0 Å². The van der Waals surface area contributed by atoms with Gasteiger partial charge in [-0.3, -0.25) is 4.68 Å². The van der Waals surface area contributed by atoms with Gasteiger partial charge in [0.05, 0.1) is 21.3 Å². The maximum atomic E-state index is 5.94. The molecular weight excluding hydrogens is 351 g/mol. The first-order valence-corrected chi connectivity index (χ1v) is 7.76. The Bertz CT molecular complexity index is 630. The minimum atomic E-state index is 0.486. The van der Waals surface area contributed by atoms with Crippen molar-refractivity contribution in [3.05, 3.63) is 45.7 Å². The maximum Gasteiger partial charge on any atom is 0.170 e. The summed E-state index contributed by atoms with van der Waals surface area (Å²) in [5, 5.41) is 12.4. The van der Waals surface area contributed by atoms with Crippen molar-refractivity contribution in [1.82, 2.24) is 15.1 Å². The lowest BCUT2D eigenvalue weighted by molar-refractivity contribution is 0.574. The highest BCUT2D eigenvalue weighted by atomic mass is 35.5. The van der Waals surface area contributed by atoms with Crippen molar-refractivity contribution in [2.45, 2.75) is 13.0 Å². The molecule has 21 heavy (non-hydrogen) atoms. The Hall–Kier alpha value is -1.01. The number of hydrogen-bond acceptors (Lipinski definition) is 2. The zero-order valence-electron chi connectivity index (χ0n) is 10.9. The van der Waals surface area contributed by atoms with Crippen LogP contribution in [-0.4, -0.2) is 21.4 Å². The molecule has 0 saturated carbocycles. The average molecular weight is 364 g/mol. The van der Waals surface area contributed by atoms with Gasteiger partial charge in [-0.2, -0.15) is 5.10 Å². The minimum Gasteiger partial charge on any atom is -0.362 e. The molecule has 0 aliphatic heterocycles. The molecule has 0 saturated heterocycles. The molecule has 2 N–H and O–H groups in total. The molecule has 0 amide bonds. The Kier molecular flexibility index (Phi) is 6.11. The number of halogens is 3. The standard InChI is InChI=1S/C13H13Cl3N4S/c14-9-7-18-20(8-9)5-1-4-17-13(21)19-10-2-3-11(15)12(16)6-10/h2-3,6-8H,1,4-5H2,(H2,17,19,21). The van der Waals surface area contributed by atoms with Gasteiger partial charge in [-0.1, -0.05) is 34.8 Å². The van der Waals surface area contributed by atoms with Crippen molar-refractivity contribution in [2.75, 3.05) is 11.9 Å². The van der Waals surface area contributed by atoms with Crippen molar-refractivity contribution in [1.29, 1.82) is 0 Å². The second-order valence-electron chi connectivity index (χ2n) is 4.28. The van der Waals surface area contributed by atoms with Gasteiger partial charge in [0, 0.05) is 25.0 Å². The summed E-state index contributed by atoms with van der Waals surface area (Å²) >= 11 is 22.8. The van der Waals surface area contributed by atoms with Crippen molar-refractivity contribution in [3.63, 3.8) is 0 Å². The second kappa shape index (κ2) is 7.84. The first-order valence-electron chi connectivity index (χ1n) is 6.22. The van der Waals surface area contributed by atoms with E-state index in [4.69, 9.17) is 47.0 Å². The highest BCUT2D eigenvalue weighted by Crippen LogP contribution is 2.24. The number of aromatic nitrogens is 2. The fourth-order valence-electron chi connectivity index (χ4n) is 1.65. The van der Waals surface area contributed by atoms with E-state index in [9.17, 15) is 0 Å². The molecule has 8 heteroatoms. The number of aryl methyl sites for hydroxylation is 1. The normalized spacial score (nSPS) is 10.4. The van der Waals surface area contributed by atoms with Crippen LogP contribution in [0.1, 0.15) is 6.42 Å². The van der Waals surface area contributed by atoms with E-state index in [0.717, 1.165) is 25.2 Å². The molecule has 0 atom stereocenters. The topological polar surface area (TPSA) is 41.9 Å². The van der Waals surface area contributed by atoms with Crippen LogP contribution in [0.25, 0.3) is 0 Å². The summed E-state index contributed by atoms with van der Waals surface area (Å²) < 4.78 is 1.79. The lowest BCUT2D eigenvalue weighted by Crippen LogP contribution is -2.29. The van der Waals surface area contributed by atoms with Crippen molar-refractivity contribution >= 4 is 57.8 Å². The lowest BCUT2D eigenvalue weighted by atomic mass is 10.3. The predicted molar refractivity (Wildman–Crippen MR) is 92.5 cm³/mol. The third-order valence-electron chi connectivity index (χ3n) is 2.63. The molecule has 1 aromatic heterocycles. The summed E-state index contributed by atoms with van der Waals surface area (Å²) in [6.45, 7) is 1.50. The Labute approximate surface area is 143 Å². The third-order valence-corrected chi connectivity index (χ3v) is 3.81. The Morgan fingerprint density at radius 3 is 2.71 bits per heavy atom. The zero-order chi connectivity index (χ0) is 15.2. The number of benzene rings is 1. The number of anilines is 1. The molecule has 0 fully saturated rings. The summed E-state index contributed by atoms with van der Waals surface area (Å²) in [6, 6.07) is 5.26. The predicted octanol–water partition coefficient (Wildman–Crippen LogP) is 4.22. The summed E-state index contributed by atoms with van der Waals surface area (Å²) in [5.74, 6) is 0.